The van der Waals surface area contributed by atoms with Crippen molar-refractivity contribution in [3.8, 4) is 5.75 Å². The van der Waals surface area contributed by atoms with Gasteiger partial charge in [0.15, 0.2) is 5.16 Å². The molecule has 0 saturated carbocycles. The molecule has 3 nitrogen and oxygen atoms in total. The lowest BCUT2D eigenvalue weighted by Gasteiger charge is -2.10. The number of hydrogen-bond donors (Lipinski definition) is 0. The fraction of sp³-hybridized carbons (Fsp3) is 0.136. The Labute approximate surface area is 181 Å². The molecule has 0 spiro atoms. The Kier molecular flexibility index (Phi) is 6.25. The third kappa shape index (κ3) is 4.72. The molecule has 0 fully saturated rings. The molecule has 0 amide bonds. The van der Waals surface area contributed by atoms with E-state index in [1.807, 2.05) is 48.5 Å². The Bertz CT molecular complexity index is 1080. The molecular weight excluding hydrogens is 456 g/mol. The van der Waals surface area contributed by atoms with Crippen molar-refractivity contribution < 1.29 is 4.74 Å². The van der Waals surface area contributed by atoms with Crippen molar-refractivity contribution in [2.24, 2.45) is 0 Å². The number of benzene rings is 3. The van der Waals surface area contributed by atoms with E-state index in [9.17, 15) is 0 Å². The lowest BCUT2D eigenvalue weighted by atomic mass is 10.2. The summed E-state index contributed by atoms with van der Waals surface area (Å²) in [6.07, 6.45) is 0. The zero-order valence-electron chi connectivity index (χ0n) is 15.0. The van der Waals surface area contributed by atoms with Gasteiger partial charge in [-0.1, -0.05) is 75.7 Å². The van der Waals surface area contributed by atoms with Crippen molar-refractivity contribution >= 4 is 50.3 Å². The first-order valence-corrected chi connectivity index (χ1v) is 11.1. The first-order chi connectivity index (χ1) is 13.7. The molecule has 0 saturated heterocycles. The van der Waals surface area contributed by atoms with Crippen molar-refractivity contribution in [3.05, 3.63) is 87.9 Å². The summed E-state index contributed by atoms with van der Waals surface area (Å²) >= 11 is 11.3. The normalized spacial score (nSPS) is 11.1. The lowest BCUT2D eigenvalue weighted by molar-refractivity contribution is 0.343. The maximum absolute atomic E-state index is 6.17. The minimum absolute atomic E-state index is 0.608. The van der Waals surface area contributed by atoms with Crippen LogP contribution in [-0.2, 0) is 6.54 Å². The highest BCUT2D eigenvalue weighted by molar-refractivity contribution is 9.10. The topological polar surface area (TPSA) is 27.1 Å². The van der Waals surface area contributed by atoms with Gasteiger partial charge in [-0.05, 0) is 42.0 Å². The van der Waals surface area contributed by atoms with Gasteiger partial charge in [0, 0.05) is 15.2 Å². The summed E-state index contributed by atoms with van der Waals surface area (Å²) in [4.78, 5) is 4.81. The van der Waals surface area contributed by atoms with Crippen LogP contribution in [0, 0.1) is 0 Å². The monoisotopic (exact) mass is 472 g/mol. The van der Waals surface area contributed by atoms with E-state index < -0.39 is 0 Å². The highest BCUT2D eigenvalue weighted by atomic mass is 79.9. The second-order valence-corrected chi connectivity index (χ2v) is 8.67. The number of imidazole rings is 1. The van der Waals surface area contributed by atoms with E-state index in [1.54, 1.807) is 11.8 Å². The van der Waals surface area contributed by atoms with Crippen LogP contribution in [0.3, 0.4) is 0 Å². The maximum Gasteiger partial charge on any atom is 0.169 e. The molecule has 1 heterocycles. The number of halogens is 2. The van der Waals surface area contributed by atoms with Crippen LogP contribution in [0.1, 0.15) is 5.56 Å². The highest BCUT2D eigenvalue weighted by Gasteiger charge is 2.12. The molecule has 142 valence electrons. The second-order valence-electron chi connectivity index (χ2n) is 6.25. The fourth-order valence-corrected chi connectivity index (χ4v) is 4.33. The lowest BCUT2D eigenvalue weighted by Crippen LogP contribution is -2.04. The summed E-state index contributed by atoms with van der Waals surface area (Å²) in [7, 11) is 0. The number of ether oxygens (including phenoxy) is 1. The summed E-state index contributed by atoms with van der Waals surface area (Å²) in [6, 6.07) is 24.2. The van der Waals surface area contributed by atoms with Crippen molar-refractivity contribution in [2.75, 3.05) is 12.4 Å². The first-order valence-electron chi connectivity index (χ1n) is 8.90. The van der Waals surface area contributed by atoms with Gasteiger partial charge in [0.1, 0.15) is 5.75 Å². The number of hydrogen-bond acceptors (Lipinski definition) is 3. The van der Waals surface area contributed by atoms with Crippen LogP contribution in [0.25, 0.3) is 11.0 Å². The first kappa shape index (κ1) is 19.4. The Morgan fingerprint density at radius 1 is 1.00 bits per heavy atom. The molecule has 28 heavy (non-hydrogen) atoms. The van der Waals surface area contributed by atoms with E-state index in [0.29, 0.717) is 11.6 Å². The fourth-order valence-electron chi connectivity index (χ4n) is 2.96. The van der Waals surface area contributed by atoms with Gasteiger partial charge in [-0.2, -0.15) is 0 Å². The Hall–Kier alpha value is -1.95. The molecule has 0 unspecified atom stereocenters. The maximum atomic E-state index is 6.17. The Morgan fingerprint density at radius 3 is 2.68 bits per heavy atom. The molecule has 0 aliphatic heterocycles. The SMILES string of the molecule is Clc1ccc2c(c1)nc(SCCOc1cccc(Br)c1)n2Cc1ccccc1. The van der Waals surface area contributed by atoms with E-state index >= 15 is 0 Å². The molecule has 6 heteroatoms. The average Bonchev–Trinajstić information content (AvgIpc) is 3.02. The Morgan fingerprint density at radius 2 is 1.86 bits per heavy atom. The standard InChI is InChI=1S/C22H18BrClN2OS/c23-17-7-4-8-19(13-17)27-11-12-28-22-25-20-14-18(24)9-10-21(20)26(22)15-16-5-2-1-3-6-16/h1-10,13-14H,11-12,15H2. The summed E-state index contributed by atoms with van der Waals surface area (Å²) in [5, 5.41) is 1.67. The average molecular weight is 474 g/mol. The predicted molar refractivity (Wildman–Crippen MR) is 121 cm³/mol. The highest BCUT2D eigenvalue weighted by Crippen LogP contribution is 2.27. The van der Waals surface area contributed by atoms with Gasteiger partial charge in [-0.15, -0.1) is 0 Å². The van der Waals surface area contributed by atoms with Crippen molar-refractivity contribution in [1.29, 1.82) is 0 Å². The molecule has 0 atom stereocenters. The van der Waals surface area contributed by atoms with E-state index in [-0.39, 0.29) is 0 Å². The van der Waals surface area contributed by atoms with Gasteiger partial charge in [-0.3, -0.25) is 0 Å². The number of aromatic nitrogens is 2. The van der Waals surface area contributed by atoms with E-state index in [4.69, 9.17) is 21.3 Å². The summed E-state index contributed by atoms with van der Waals surface area (Å²) < 4.78 is 9.10. The predicted octanol–water partition coefficient (Wildman–Crippen LogP) is 6.67. The third-order valence-electron chi connectivity index (χ3n) is 4.24. The molecule has 0 aliphatic rings. The number of thioether (sulfide) groups is 1. The largest absolute Gasteiger partial charge is 0.493 e. The van der Waals surface area contributed by atoms with E-state index in [0.717, 1.165) is 38.7 Å². The van der Waals surface area contributed by atoms with Crippen LogP contribution < -0.4 is 4.74 Å². The van der Waals surface area contributed by atoms with Gasteiger partial charge in [0.2, 0.25) is 0 Å². The number of rotatable bonds is 7. The second kappa shape index (κ2) is 9.03. The van der Waals surface area contributed by atoms with Crippen LogP contribution in [0.2, 0.25) is 5.02 Å². The van der Waals surface area contributed by atoms with Crippen molar-refractivity contribution in [3.63, 3.8) is 0 Å². The van der Waals surface area contributed by atoms with Gasteiger partial charge in [-0.25, -0.2) is 4.98 Å². The molecular formula is C22H18BrClN2OS. The van der Waals surface area contributed by atoms with Crippen LogP contribution in [0.5, 0.6) is 5.75 Å². The zero-order valence-corrected chi connectivity index (χ0v) is 18.2. The molecule has 0 bridgehead atoms. The van der Waals surface area contributed by atoms with Gasteiger partial charge in [0.05, 0.1) is 24.2 Å². The molecule has 1 aromatic heterocycles. The minimum Gasteiger partial charge on any atom is -0.493 e. The Balaban J connectivity index is 1.51. The third-order valence-corrected chi connectivity index (χ3v) is 5.91. The molecule has 4 rings (SSSR count). The van der Waals surface area contributed by atoms with Crippen LogP contribution >= 0.6 is 39.3 Å². The van der Waals surface area contributed by atoms with Gasteiger partial charge >= 0.3 is 0 Å². The smallest absolute Gasteiger partial charge is 0.169 e. The van der Waals surface area contributed by atoms with Crippen LogP contribution in [0.15, 0.2) is 82.4 Å². The summed E-state index contributed by atoms with van der Waals surface area (Å²) in [6.45, 7) is 1.38. The van der Waals surface area contributed by atoms with E-state index in [2.05, 4.69) is 44.8 Å². The van der Waals surface area contributed by atoms with Gasteiger partial charge < -0.3 is 9.30 Å². The molecule has 3 aromatic carbocycles. The molecule has 0 radical (unpaired) electrons. The minimum atomic E-state index is 0.608. The van der Waals surface area contributed by atoms with Crippen LogP contribution in [-0.4, -0.2) is 21.9 Å². The number of nitrogens with zero attached hydrogens (tertiary/aromatic N) is 2. The van der Waals surface area contributed by atoms with Crippen molar-refractivity contribution in [2.45, 2.75) is 11.7 Å². The zero-order chi connectivity index (χ0) is 19.3. The molecule has 4 aromatic rings. The van der Waals surface area contributed by atoms with Gasteiger partial charge in [0.25, 0.3) is 0 Å². The summed E-state index contributed by atoms with van der Waals surface area (Å²) in [5.41, 5.74) is 3.24. The quantitative estimate of drug-likeness (QED) is 0.221. The summed E-state index contributed by atoms with van der Waals surface area (Å²) in [5.74, 6) is 1.66. The van der Waals surface area contributed by atoms with Crippen molar-refractivity contribution in [1.82, 2.24) is 9.55 Å². The molecule has 0 N–H and O–H groups in total. The number of fused-ring (bicyclic) bond motifs is 1. The van der Waals surface area contributed by atoms with E-state index in [1.165, 1.54) is 5.56 Å². The van der Waals surface area contributed by atoms with Crippen LogP contribution in [0.4, 0.5) is 0 Å². The molecule has 0 aliphatic carbocycles.